The van der Waals surface area contributed by atoms with E-state index in [9.17, 15) is 17.2 Å². The van der Waals surface area contributed by atoms with E-state index in [0.717, 1.165) is 0 Å². The van der Waals surface area contributed by atoms with Crippen LogP contribution in [0.1, 0.15) is 5.56 Å². The molecule has 1 aliphatic rings. The lowest BCUT2D eigenvalue weighted by molar-refractivity contribution is -0.0505. The van der Waals surface area contributed by atoms with Crippen LogP contribution in [-0.4, -0.2) is 33.1 Å². The average Bonchev–Trinajstić information content (AvgIpc) is 2.29. The summed E-state index contributed by atoms with van der Waals surface area (Å²) in [5, 5.41) is 3.46. The summed E-state index contributed by atoms with van der Waals surface area (Å²) in [6.45, 7) is -2.09. The van der Waals surface area contributed by atoms with Gasteiger partial charge in [0.1, 0.15) is 5.75 Å². The maximum absolute atomic E-state index is 12.3. The second-order valence-electron chi connectivity index (χ2n) is 4.70. The summed E-state index contributed by atoms with van der Waals surface area (Å²) < 4.78 is 50.9. The summed E-state index contributed by atoms with van der Waals surface area (Å²) in [6.07, 6.45) is 0. The van der Waals surface area contributed by atoms with Crippen LogP contribution >= 0.6 is 11.6 Å². The summed E-state index contributed by atoms with van der Waals surface area (Å²) >= 11 is 5.82. The first-order valence-electron chi connectivity index (χ1n) is 6.00. The summed E-state index contributed by atoms with van der Waals surface area (Å²) in [5.74, 6) is 0.503. The molecule has 1 heterocycles. The molecule has 8 heteroatoms. The highest BCUT2D eigenvalue weighted by Gasteiger charge is 2.32. The van der Waals surface area contributed by atoms with E-state index in [1.165, 1.54) is 12.1 Å². The van der Waals surface area contributed by atoms with Gasteiger partial charge in [-0.1, -0.05) is 11.6 Å². The molecule has 0 amide bonds. The van der Waals surface area contributed by atoms with Crippen LogP contribution in [0.3, 0.4) is 0 Å². The van der Waals surface area contributed by atoms with Crippen LogP contribution in [0.4, 0.5) is 8.78 Å². The van der Waals surface area contributed by atoms with Gasteiger partial charge in [0.05, 0.1) is 11.5 Å². The van der Waals surface area contributed by atoms with Crippen molar-refractivity contribution in [3.8, 4) is 5.75 Å². The molecule has 0 aliphatic carbocycles. The minimum Gasteiger partial charge on any atom is -0.434 e. The molecule has 0 aromatic heterocycles. The molecule has 1 aromatic carbocycles. The first kappa shape index (κ1) is 15.5. The molecule has 0 saturated carbocycles. The predicted octanol–water partition coefficient (Wildman–Crippen LogP) is 2.08. The van der Waals surface area contributed by atoms with Gasteiger partial charge in [0.15, 0.2) is 9.84 Å². The molecule has 2 rings (SSSR count). The number of rotatable bonds is 6. The summed E-state index contributed by atoms with van der Waals surface area (Å²) in [5.41, 5.74) is 0.514. The molecule has 1 saturated heterocycles. The maximum Gasteiger partial charge on any atom is 0.387 e. The molecule has 1 aliphatic heterocycles. The fourth-order valence-corrected chi connectivity index (χ4v) is 3.86. The molecule has 1 aromatic rings. The standard InChI is InChI=1S/C12H14ClF2NO3S/c13-10-1-2-11(19-12(14)15)9(3-10)5-16-4-8-6-20(17,18)7-8/h1-3,8,12,16H,4-7H2. The van der Waals surface area contributed by atoms with Gasteiger partial charge in [-0.15, -0.1) is 0 Å². The van der Waals surface area contributed by atoms with Crippen molar-refractivity contribution in [1.29, 1.82) is 0 Å². The number of hydrogen-bond donors (Lipinski definition) is 1. The number of halogens is 3. The molecule has 1 N–H and O–H groups in total. The van der Waals surface area contributed by atoms with E-state index in [4.69, 9.17) is 11.6 Å². The van der Waals surface area contributed by atoms with Crippen LogP contribution in [0, 0.1) is 5.92 Å². The second kappa shape index (κ2) is 6.24. The van der Waals surface area contributed by atoms with Crippen LogP contribution < -0.4 is 10.1 Å². The SMILES string of the molecule is O=S1(=O)CC(CNCc2cc(Cl)ccc2OC(F)F)C1. The van der Waals surface area contributed by atoms with Crippen LogP contribution in [0.25, 0.3) is 0 Å². The fraction of sp³-hybridized carbons (Fsp3) is 0.500. The Bertz CT molecular complexity index is 568. The van der Waals surface area contributed by atoms with Gasteiger partial charge in [0.25, 0.3) is 0 Å². The maximum atomic E-state index is 12.3. The Morgan fingerprint density at radius 1 is 1.40 bits per heavy atom. The van der Waals surface area contributed by atoms with E-state index in [-0.39, 0.29) is 23.2 Å². The van der Waals surface area contributed by atoms with Crippen molar-refractivity contribution < 1.29 is 21.9 Å². The number of sulfone groups is 1. The molecule has 0 bridgehead atoms. The zero-order valence-corrected chi connectivity index (χ0v) is 12.1. The number of benzene rings is 1. The lowest BCUT2D eigenvalue weighted by Gasteiger charge is -2.26. The Labute approximate surface area is 121 Å². The minimum absolute atomic E-state index is 0.0677. The van der Waals surface area contributed by atoms with Crippen LogP contribution in [-0.2, 0) is 16.4 Å². The first-order valence-corrected chi connectivity index (χ1v) is 8.20. The molecule has 1 fully saturated rings. The Hall–Kier alpha value is -0.920. The minimum atomic E-state index is -2.90. The molecule has 0 unspecified atom stereocenters. The third kappa shape index (κ3) is 4.29. The Morgan fingerprint density at radius 3 is 2.70 bits per heavy atom. The Kier molecular flexibility index (Phi) is 4.82. The average molecular weight is 326 g/mol. The lowest BCUT2D eigenvalue weighted by atomic mass is 10.1. The van der Waals surface area contributed by atoms with Gasteiger partial charge < -0.3 is 10.1 Å². The molecular weight excluding hydrogens is 312 g/mol. The van der Waals surface area contributed by atoms with Gasteiger partial charge in [-0.25, -0.2) is 8.42 Å². The van der Waals surface area contributed by atoms with Gasteiger partial charge >= 0.3 is 6.61 Å². The monoisotopic (exact) mass is 325 g/mol. The Balaban J connectivity index is 1.89. The highest BCUT2D eigenvalue weighted by atomic mass is 35.5. The molecule has 112 valence electrons. The second-order valence-corrected chi connectivity index (χ2v) is 7.29. The Morgan fingerprint density at radius 2 is 2.10 bits per heavy atom. The molecule has 4 nitrogen and oxygen atoms in total. The summed E-state index contributed by atoms with van der Waals surface area (Å²) in [4.78, 5) is 0. The molecule has 0 atom stereocenters. The third-order valence-corrected chi connectivity index (χ3v) is 5.16. The molecule has 0 radical (unpaired) electrons. The topological polar surface area (TPSA) is 55.4 Å². The zero-order valence-electron chi connectivity index (χ0n) is 10.5. The van der Waals surface area contributed by atoms with Gasteiger partial charge in [0, 0.05) is 23.7 Å². The predicted molar refractivity (Wildman–Crippen MR) is 71.9 cm³/mol. The van der Waals surface area contributed by atoms with E-state index in [1.807, 2.05) is 0 Å². The van der Waals surface area contributed by atoms with Crippen molar-refractivity contribution in [2.45, 2.75) is 13.2 Å². The number of alkyl halides is 2. The van der Waals surface area contributed by atoms with Crippen molar-refractivity contribution in [1.82, 2.24) is 5.32 Å². The van der Waals surface area contributed by atoms with Crippen molar-refractivity contribution in [2.75, 3.05) is 18.1 Å². The van der Waals surface area contributed by atoms with Crippen molar-refractivity contribution in [2.24, 2.45) is 5.92 Å². The molecule has 20 heavy (non-hydrogen) atoms. The van der Waals surface area contributed by atoms with E-state index in [2.05, 4.69) is 10.1 Å². The number of hydrogen-bond acceptors (Lipinski definition) is 4. The lowest BCUT2D eigenvalue weighted by Crippen LogP contribution is -2.42. The van der Waals surface area contributed by atoms with E-state index >= 15 is 0 Å². The van der Waals surface area contributed by atoms with E-state index in [1.54, 1.807) is 6.07 Å². The van der Waals surface area contributed by atoms with Gasteiger partial charge in [-0.3, -0.25) is 0 Å². The molecular formula is C12H14ClF2NO3S. The van der Waals surface area contributed by atoms with Crippen LogP contribution in [0.5, 0.6) is 5.75 Å². The third-order valence-electron chi connectivity index (χ3n) is 2.97. The summed E-state index contributed by atoms with van der Waals surface area (Å²) in [6, 6.07) is 4.41. The van der Waals surface area contributed by atoms with E-state index < -0.39 is 16.4 Å². The van der Waals surface area contributed by atoms with Crippen molar-refractivity contribution in [3.05, 3.63) is 28.8 Å². The van der Waals surface area contributed by atoms with Gasteiger partial charge in [-0.2, -0.15) is 8.78 Å². The summed E-state index contributed by atoms with van der Waals surface area (Å²) in [7, 11) is -2.84. The first-order chi connectivity index (χ1) is 9.35. The zero-order chi connectivity index (χ0) is 14.8. The van der Waals surface area contributed by atoms with Crippen LogP contribution in [0.15, 0.2) is 18.2 Å². The highest BCUT2D eigenvalue weighted by molar-refractivity contribution is 7.92. The normalized spacial score (nSPS) is 18.0. The highest BCUT2D eigenvalue weighted by Crippen LogP contribution is 2.25. The molecule has 0 spiro atoms. The fourth-order valence-electron chi connectivity index (χ4n) is 2.10. The van der Waals surface area contributed by atoms with Crippen molar-refractivity contribution in [3.63, 3.8) is 0 Å². The number of nitrogens with one attached hydrogen (secondary N) is 1. The van der Waals surface area contributed by atoms with Crippen molar-refractivity contribution >= 4 is 21.4 Å². The smallest absolute Gasteiger partial charge is 0.387 e. The van der Waals surface area contributed by atoms with Gasteiger partial charge in [0.2, 0.25) is 0 Å². The van der Waals surface area contributed by atoms with Crippen LogP contribution in [0.2, 0.25) is 5.02 Å². The number of ether oxygens (including phenoxy) is 1. The quantitative estimate of drug-likeness (QED) is 0.870. The van der Waals surface area contributed by atoms with Gasteiger partial charge in [-0.05, 0) is 24.1 Å². The largest absolute Gasteiger partial charge is 0.434 e. The van der Waals surface area contributed by atoms with E-state index in [0.29, 0.717) is 23.7 Å².